The van der Waals surface area contributed by atoms with Crippen molar-refractivity contribution in [3.05, 3.63) is 12.2 Å². The minimum atomic E-state index is -1.76. The number of esters is 2. The molecular formula is C49H90O15. The normalized spacial score (nSPS) is 26.6. The van der Waals surface area contributed by atoms with Gasteiger partial charge in [0.2, 0.25) is 0 Å². The van der Waals surface area contributed by atoms with Crippen molar-refractivity contribution in [2.24, 2.45) is 0 Å². The van der Waals surface area contributed by atoms with E-state index in [1.165, 1.54) is 96.3 Å². The van der Waals surface area contributed by atoms with Crippen LogP contribution in [-0.2, 0) is 38.0 Å². The maximum Gasteiger partial charge on any atom is 0.306 e. The molecule has 2 saturated heterocycles. The highest BCUT2D eigenvalue weighted by molar-refractivity contribution is 5.70. The average molecular weight is 919 g/mol. The first-order valence-corrected chi connectivity index (χ1v) is 25.3. The predicted molar refractivity (Wildman–Crippen MR) is 243 cm³/mol. The third-order valence-corrected chi connectivity index (χ3v) is 12.2. The first-order chi connectivity index (χ1) is 31.0. The van der Waals surface area contributed by atoms with E-state index in [4.69, 9.17) is 28.4 Å². The SMILES string of the molecule is CCCCCCCC/C=C\CCCCCCCC(=O)OC[C@H](CO[C@@H]1O[C@H](CO[C@@H]2O[C@H](CO)[C@H](O)[C@H](O)[C@H]2O)[C@H](O)[C@H](O)[C@H]1O)OC(=O)CCCCCCCCCCCCCCC. The fraction of sp³-hybridized carbons (Fsp3) is 0.918. The number of hydrogen-bond acceptors (Lipinski definition) is 15. The highest BCUT2D eigenvalue weighted by Gasteiger charge is 2.47. The zero-order valence-electron chi connectivity index (χ0n) is 39.5. The second-order valence-corrected chi connectivity index (χ2v) is 18.0. The monoisotopic (exact) mass is 919 g/mol. The summed E-state index contributed by atoms with van der Waals surface area (Å²) >= 11 is 0. The summed E-state index contributed by atoms with van der Waals surface area (Å²) in [4.78, 5) is 25.7. The van der Waals surface area contributed by atoms with Gasteiger partial charge >= 0.3 is 11.9 Å². The van der Waals surface area contributed by atoms with Crippen LogP contribution >= 0.6 is 0 Å². The molecule has 7 N–H and O–H groups in total. The molecule has 376 valence electrons. The van der Waals surface area contributed by atoms with Crippen molar-refractivity contribution in [2.45, 2.75) is 261 Å². The molecule has 2 aliphatic heterocycles. The Morgan fingerprint density at radius 1 is 0.484 bits per heavy atom. The second kappa shape index (κ2) is 37.2. The molecule has 2 rings (SSSR count). The molecule has 0 bridgehead atoms. The Morgan fingerprint density at radius 2 is 0.891 bits per heavy atom. The molecule has 2 aliphatic rings. The Hall–Kier alpha value is -1.76. The summed E-state index contributed by atoms with van der Waals surface area (Å²) < 4.78 is 33.5. The number of hydrogen-bond donors (Lipinski definition) is 7. The van der Waals surface area contributed by atoms with Gasteiger partial charge in [-0.1, -0.05) is 154 Å². The number of carbonyl (C=O) groups excluding carboxylic acids is 2. The van der Waals surface area contributed by atoms with Crippen LogP contribution in [0.2, 0.25) is 0 Å². The summed E-state index contributed by atoms with van der Waals surface area (Å²) in [7, 11) is 0. The van der Waals surface area contributed by atoms with E-state index in [2.05, 4.69) is 26.0 Å². The van der Waals surface area contributed by atoms with Crippen molar-refractivity contribution in [3.8, 4) is 0 Å². The third kappa shape index (κ3) is 25.4. The zero-order chi connectivity index (χ0) is 46.8. The molecule has 11 atom stereocenters. The summed E-state index contributed by atoms with van der Waals surface area (Å²) in [6.07, 6.45) is 18.1. The van der Waals surface area contributed by atoms with E-state index in [9.17, 15) is 45.3 Å². The van der Waals surface area contributed by atoms with E-state index >= 15 is 0 Å². The van der Waals surface area contributed by atoms with Crippen LogP contribution in [-0.4, -0.2) is 142 Å². The van der Waals surface area contributed by atoms with E-state index in [1.54, 1.807) is 0 Å². The van der Waals surface area contributed by atoms with Crippen molar-refractivity contribution in [1.29, 1.82) is 0 Å². The van der Waals surface area contributed by atoms with E-state index in [0.29, 0.717) is 12.8 Å². The number of carbonyl (C=O) groups is 2. The number of unbranched alkanes of at least 4 members (excludes halogenated alkanes) is 23. The van der Waals surface area contributed by atoms with Crippen LogP contribution in [0.1, 0.15) is 194 Å². The standard InChI is InChI=1S/C49H90O15/c1-3-5-7-9-11-13-15-17-18-20-21-23-25-27-29-31-40(51)59-34-37(62-41(52)32-30-28-26-24-22-19-16-14-12-10-8-6-4-2)35-60-48-47(58)45(56)43(54)39(64-48)36-61-49-46(57)44(55)42(53)38(33-50)63-49/h17-18,37-39,42-50,53-58H,3-16,19-36H2,1-2H3/b18-17-/t37-,38-,39-,42+,43+,44+,45+,46-,47-,48-,49-/m1/s1. The van der Waals surface area contributed by atoms with Crippen LogP contribution < -0.4 is 0 Å². The van der Waals surface area contributed by atoms with Crippen LogP contribution in [0.25, 0.3) is 0 Å². The van der Waals surface area contributed by atoms with E-state index < -0.39 is 92.7 Å². The van der Waals surface area contributed by atoms with Crippen LogP contribution in [0.4, 0.5) is 0 Å². The average Bonchev–Trinajstić information content (AvgIpc) is 3.29. The van der Waals surface area contributed by atoms with Crippen LogP contribution in [0.3, 0.4) is 0 Å². The number of allylic oxidation sites excluding steroid dienone is 2. The Morgan fingerprint density at radius 3 is 1.38 bits per heavy atom. The molecule has 0 radical (unpaired) electrons. The first kappa shape index (κ1) is 58.4. The maximum absolute atomic E-state index is 13.0. The number of aliphatic hydroxyl groups is 7. The minimum absolute atomic E-state index is 0.169. The highest BCUT2D eigenvalue weighted by atomic mass is 16.7. The summed E-state index contributed by atoms with van der Waals surface area (Å²) in [5, 5.41) is 72.0. The third-order valence-electron chi connectivity index (χ3n) is 12.2. The lowest BCUT2D eigenvalue weighted by molar-refractivity contribution is -0.332. The molecule has 0 aromatic heterocycles. The molecule has 0 aromatic rings. The lowest BCUT2D eigenvalue weighted by Gasteiger charge is -2.42. The van der Waals surface area contributed by atoms with E-state index in [-0.39, 0.29) is 26.1 Å². The van der Waals surface area contributed by atoms with Gasteiger partial charge in [0.25, 0.3) is 0 Å². The molecule has 15 nitrogen and oxygen atoms in total. The zero-order valence-corrected chi connectivity index (χ0v) is 39.5. The van der Waals surface area contributed by atoms with Gasteiger partial charge in [0.05, 0.1) is 19.8 Å². The van der Waals surface area contributed by atoms with Crippen molar-refractivity contribution in [1.82, 2.24) is 0 Å². The molecule has 0 unspecified atom stereocenters. The van der Waals surface area contributed by atoms with Gasteiger partial charge in [0.1, 0.15) is 55.4 Å². The predicted octanol–water partition coefficient (Wildman–Crippen LogP) is 6.60. The van der Waals surface area contributed by atoms with Crippen molar-refractivity contribution < 1.29 is 73.8 Å². The van der Waals surface area contributed by atoms with Crippen LogP contribution in [0.15, 0.2) is 12.2 Å². The molecule has 64 heavy (non-hydrogen) atoms. The van der Waals surface area contributed by atoms with Gasteiger partial charge in [-0.3, -0.25) is 9.59 Å². The number of ether oxygens (including phenoxy) is 6. The summed E-state index contributed by atoms with van der Waals surface area (Å²) in [5.41, 5.74) is 0. The lowest BCUT2D eigenvalue weighted by Crippen LogP contribution is -2.61. The van der Waals surface area contributed by atoms with Gasteiger partial charge in [-0.2, -0.15) is 0 Å². The first-order valence-electron chi connectivity index (χ1n) is 25.3. The van der Waals surface area contributed by atoms with Gasteiger partial charge in [0.15, 0.2) is 18.7 Å². The Labute approximate surface area is 384 Å². The molecule has 0 spiro atoms. The van der Waals surface area contributed by atoms with E-state index in [0.717, 1.165) is 57.8 Å². The van der Waals surface area contributed by atoms with Gasteiger partial charge in [0, 0.05) is 12.8 Å². The molecule has 0 aromatic carbocycles. The molecule has 15 heteroatoms. The Kier molecular flexibility index (Phi) is 34.0. The van der Waals surface area contributed by atoms with Gasteiger partial charge in [-0.15, -0.1) is 0 Å². The second-order valence-electron chi connectivity index (χ2n) is 18.0. The number of rotatable bonds is 39. The fourth-order valence-electron chi connectivity index (χ4n) is 8.04. The Balaban J connectivity index is 1.82. The smallest absolute Gasteiger partial charge is 0.306 e. The minimum Gasteiger partial charge on any atom is -0.462 e. The van der Waals surface area contributed by atoms with Gasteiger partial charge < -0.3 is 64.2 Å². The lowest BCUT2D eigenvalue weighted by atomic mass is 9.98. The summed E-state index contributed by atoms with van der Waals surface area (Å²) in [6, 6.07) is 0. The molecule has 2 heterocycles. The highest BCUT2D eigenvalue weighted by Crippen LogP contribution is 2.26. The summed E-state index contributed by atoms with van der Waals surface area (Å²) in [6.45, 7) is 2.58. The van der Waals surface area contributed by atoms with Crippen molar-refractivity contribution in [2.75, 3.05) is 26.4 Å². The Bertz CT molecular complexity index is 1170. The van der Waals surface area contributed by atoms with Crippen molar-refractivity contribution in [3.63, 3.8) is 0 Å². The largest absolute Gasteiger partial charge is 0.462 e. The quantitative estimate of drug-likeness (QED) is 0.0196. The van der Waals surface area contributed by atoms with Gasteiger partial charge in [-0.25, -0.2) is 0 Å². The topological polar surface area (TPSA) is 231 Å². The van der Waals surface area contributed by atoms with Gasteiger partial charge in [-0.05, 0) is 38.5 Å². The molecule has 0 aliphatic carbocycles. The number of aliphatic hydroxyl groups excluding tert-OH is 7. The molecule has 2 fully saturated rings. The summed E-state index contributed by atoms with van der Waals surface area (Å²) in [5.74, 6) is -0.926. The fourth-order valence-corrected chi connectivity index (χ4v) is 8.04. The maximum atomic E-state index is 13.0. The molecule has 0 amide bonds. The van der Waals surface area contributed by atoms with Crippen LogP contribution in [0, 0.1) is 0 Å². The van der Waals surface area contributed by atoms with Crippen molar-refractivity contribution >= 4 is 11.9 Å². The molecular weight excluding hydrogens is 829 g/mol. The van der Waals surface area contributed by atoms with E-state index in [1.807, 2.05) is 0 Å². The van der Waals surface area contributed by atoms with Crippen LogP contribution in [0.5, 0.6) is 0 Å². The molecule has 0 saturated carbocycles.